The summed E-state index contributed by atoms with van der Waals surface area (Å²) in [5.74, 6) is 0. The first-order valence-electron chi connectivity index (χ1n) is 3.26. The van der Waals surface area contributed by atoms with Crippen LogP contribution in [0.25, 0.3) is 0 Å². The fourth-order valence-electron chi connectivity index (χ4n) is 0.607. The molecule has 0 saturated heterocycles. The van der Waals surface area contributed by atoms with Crippen molar-refractivity contribution in [1.82, 2.24) is 4.72 Å². The van der Waals surface area contributed by atoms with Crippen molar-refractivity contribution in [2.45, 2.75) is 4.87 Å². The predicted octanol–water partition coefficient (Wildman–Crippen LogP) is -1.93. The predicted molar refractivity (Wildman–Crippen MR) is 50.0 cm³/mol. The molecule has 0 spiro atoms. The smallest absolute Gasteiger partial charge is 0.210 e. The summed E-state index contributed by atoms with van der Waals surface area (Å²) in [5.41, 5.74) is 5.13. The van der Waals surface area contributed by atoms with Crippen molar-refractivity contribution < 1.29 is 16.8 Å². The summed E-state index contributed by atoms with van der Waals surface area (Å²) >= 11 is 0. The van der Waals surface area contributed by atoms with E-state index >= 15 is 0 Å². The molecule has 0 bridgehead atoms. The normalized spacial score (nSPS) is 18.2. The monoisotopic (exact) mass is 229 g/mol. The van der Waals surface area contributed by atoms with Crippen LogP contribution in [0.2, 0.25) is 0 Å². The lowest BCUT2D eigenvalue weighted by molar-refractivity contribution is 0.527. The maximum Gasteiger partial charge on any atom is 0.210 e. The van der Waals surface area contributed by atoms with E-state index in [0.29, 0.717) is 0 Å². The van der Waals surface area contributed by atoms with Crippen molar-refractivity contribution in [2.75, 3.05) is 19.1 Å². The Labute approximate surface area is 78.5 Å². The van der Waals surface area contributed by atoms with E-state index in [1.54, 1.807) is 0 Å². The van der Waals surface area contributed by atoms with Crippen LogP contribution in [-0.2, 0) is 19.9 Å². The minimum atomic E-state index is -3.67. The van der Waals surface area contributed by atoms with E-state index in [0.717, 1.165) is 12.5 Å². The first-order chi connectivity index (χ1) is 5.52. The van der Waals surface area contributed by atoms with Gasteiger partial charge in [0.15, 0.2) is 9.84 Å². The van der Waals surface area contributed by atoms with Gasteiger partial charge < -0.3 is 5.73 Å². The van der Waals surface area contributed by atoms with E-state index in [1.165, 1.54) is 0 Å². The van der Waals surface area contributed by atoms with Gasteiger partial charge in [-0.15, -0.1) is 0 Å². The van der Waals surface area contributed by atoms with Gasteiger partial charge in [-0.3, -0.25) is 0 Å². The zero-order chi connectivity index (χ0) is 10.9. The fraction of sp³-hybridized carbons (Fsp3) is 0.800. The molecule has 1 unspecified atom stereocenters. The highest BCUT2D eigenvalue weighted by molar-refractivity contribution is 7.94. The average Bonchev–Trinajstić information content (AvgIpc) is 1.81. The van der Waals surface area contributed by atoms with Crippen LogP contribution in [0.1, 0.15) is 0 Å². The SMILES string of the molecule is [CH2]C(CN)(NS(C)(=O)=O)S(C)(=O)=O. The number of hydrogen-bond acceptors (Lipinski definition) is 5. The highest BCUT2D eigenvalue weighted by Crippen LogP contribution is 2.10. The second-order valence-electron chi connectivity index (χ2n) is 2.84. The summed E-state index contributed by atoms with van der Waals surface area (Å²) in [6.07, 6.45) is 1.71. The Hall–Kier alpha value is -0.180. The quantitative estimate of drug-likeness (QED) is 0.584. The Bertz CT molecular complexity index is 371. The Kier molecular flexibility index (Phi) is 3.47. The third-order valence-electron chi connectivity index (χ3n) is 1.41. The van der Waals surface area contributed by atoms with Gasteiger partial charge in [0.25, 0.3) is 0 Å². The van der Waals surface area contributed by atoms with Gasteiger partial charge in [-0.25, -0.2) is 16.8 Å². The highest BCUT2D eigenvalue weighted by atomic mass is 32.2. The number of sulfonamides is 1. The molecule has 0 aliphatic rings. The Morgan fingerprint density at radius 3 is 1.77 bits per heavy atom. The van der Waals surface area contributed by atoms with Crippen LogP contribution >= 0.6 is 0 Å². The number of nitrogens with two attached hydrogens (primary N) is 1. The second-order valence-corrected chi connectivity index (χ2v) is 6.92. The summed E-state index contributed by atoms with van der Waals surface area (Å²) in [5, 5.41) is 0. The van der Waals surface area contributed by atoms with Gasteiger partial charge in [-0.2, -0.15) is 4.72 Å². The summed E-state index contributed by atoms with van der Waals surface area (Å²) in [7, 11) is -7.32. The van der Waals surface area contributed by atoms with Gasteiger partial charge in [0, 0.05) is 12.8 Å². The summed E-state index contributed by atoms with van der Waals surface area (Å²) in [4.78, 5) is -1.87. The first-order valence-corrected chi connectivity index (χ1v) is 7.04. The van der Waals surface area contributed by atoms with Gasteiger partial charge in [0.1, 0.15) is 4.87 Å². The molecule has 0 aliphatic carbocycles. The number of nitrogens with one attached hydrogen (secondary N) is 1. The Morgan fingerprint density at radius 1 is 1.31 bits per heavy atom. The first kappa shape index (κ1) is 12.8. The lowest BCUT2D eigenvalue weighted by Gasteiger charge is -2.25. The molecule has 0 aromatic carbocycles. The minimum Gasteiger partial charge on any atom is -0.328 e. The van der Waals surface area contributed by atoms with Crippen molar-refractivity contribution >= 4 is 19.9 Å². The highest BCUT2D eigenvalue weighted by Gasteiger charge is 2.37. The molecule has 8 heteroatoms. The van der Waals surface area contributed by atoms with Crippen LogP contribution in [0.5, 0.6) is 0 Å². The molecule has 0 aromatic heterocycles. The average molecular weight is 229 g/mol. The maximum absolute atomic E-state index is 11.1. The third-order valence-corrected chi connectivity index (χ3v) is 3.99. The van der Waals surface area contributed by atoms with Crippen LogP contribution in [0.3, 0.4) is 0 Å². The molecule has 0 saturated carbocycles. The number of rotatable bonds is 4. The molecule has 79 valence electrons. The van der Waals surface area contributed by atoms with Crippen molar-refractivity contribution in [3.05, 3.63) is 6.92 Å². The van der Waals surface area contributed by atoms with E-state index < -0.39 is 31.3 Å². The second kappa shape index (κ2) is 3.52. The van der Waals surface area contributed by atoms with E-state index in [4.69, 9.17) is 5.73 Å². The number of sulfone groups is 1. The number of hydrogen-bond donors (Lipinski definition) is 2. The Balaban J connectivity index is 5.12. The lowest BCUT2D eigenvalue weighted by atomic mass is 10.4. The summed E-state index contributed by atoms with van der Waals surface area (Å²) in [6.45, 7) is 2.82. The molecular weight excluding hydrogens is 216 g/mol. The van der Waals surface area contributed by atoms with Crippen molar-refractivity contribution in [3.63, 3.8) is 0 Å². The van der Waals surface area contributed by atoms with Crippen molar-refractivity contribution in [1.29, 1.82) is 0 Å². The third kappa shape index (κ3) is 3.59. The van der Waals surface area contributed by atoms with E-state index in [-0.39, 0.29) is 0 Å². The molecule has 1 atom stereocenters. The van der Waals surface area contributed by atoms with E-state index in [2.05, 4.69) is 6.92 Å². The van der Waals surface area contributed by atoms with Gasteiger partial charge in [0.2, 0.25) is 10.0 Å². The van der Waals surface area contributed by atoms with Crippen molar-refractivity contribution in [2.24, 2.45) is 5.73 Å². The molecule has 0 rings (SSSR count). The molecule has 6 nitrogen and oxygen atoms in total. The zero-order valence-corrected chi connectivity index (χ0v) is 9.07. The maximum atomic E-state index is 11.1. The minimum absolute atomic E-state index is 0.418. The van der Waals surface area contributed by atoms with Gasteiger partial charge in [-0.05, 0) is 6.92 Å². The van der Waals surface area contributed by atoms with Crippen LogP contribution in [0, 0.1) is 6.92 Å². The molecule has 0 fully saturated rings. The van der Waals surface area contributed by atoms with Crippen molar-refractivity contribution in [3.8, 4) is 0 Å². The molecule has 1 radical (unpaired) electrons. The molecular formula is C5H13N2O4S2. The van der Waals surface area contributed by atoms with Gasteiger partial charge in [-0.1, -0.05) is 0 Å². The molecule has 0 amide bonds. The summed E-state index contributed by atoms with van der Waals surface area (Å²) < 4.78 is 45.6. The van der Waals surface area contributed by atoms with Crippen LogP contribution in [0.4, 0.5) is 0 Å². The van der Waals surface area contributed by atoms with Crippen LogP contribution in [0.15, 0.2) is 0 Å². The molecule has 0 aromatic rings. The molecule has 0 aliphatic heterocycles. The van der Waals surface area contributed by atoms with Crippen LogP contribution < -0.4 is 10.5 Å². The van der Waals surface area contributed by atoms with Gasteiger partial charge in [0.05, 0.1) is 6.26 Å². The van der Waals surface area contributed by atoms with Crippen LogP contribution in [-0.4, -0.2) is 40.8 Å². The topological polar surface area (TPSA) is 106 Å². The fourth-order valence-corrected chi connectivity index (χ4v) is 2.73. The van der Waals surface area contributed by atoms with E-state index in [9.17, 15) is 16.8 Å². The lowest BCUT2D eigenvalue weighted by Crippen LogP contribution is -2.56. The van der Waals surface area contributed by atoms with E-state index in [1.807, 2.05) is 4.72 Å². The standard InChI is InChI=1S/C5H13N2O4S2/c1-5(4-6,12(2,8)9)7-13(3,10)11/h7H,1,4,6H2,2-3H3. The Morgan fingerprint density at radius 2 is 1.69 bits per heavy atom. The zero-order valence-electron chi connectivity index (χ0n) is 7.44. The largest absolute Gasteiger partial charge is 0.328 e. The molecule has 13 heavy (non-hydrogen) atoms. The summed E-state index contributed by atoms with van der Waals surface area (Å²) in [6, 6.07) is 0. The molecule has 3 N–H and O–H groups in total. The molecule has 0 heterocycles. The van der Waals surface area contributed by atoms with Gasteiger partial charge >= 0.3 is 0 Å².